The van der Waals surface area contributed by atoms with Gasteiger partial charge in [-0.3, -0.25) is 10.1 Å². The summed E-state index contributed by atoms with van der Waals surface area (Å²) in [6, 6.07) is 12.6. The second kappa shape index (κ2) is 8.17. The van der Waals surface area contributed by atoms with Crippen molar-refractivity contribution in [3.63, 3.8) is 0 Å². The number of fused-ring (bicyclic) bond motifs is 3. The van der Waals surface area contributed by atoms with E-state index >= 15 is 0 Å². The topological polar surface area (TPSA) is 81.5 Å². The minimum absolute atomic E-state index is 0.0209. The SMILES string of the molecule is O=C(OC1CCCCC1)c1ccc2c(c1)C1C=CCC1C(c1cccc([N+](=O)[O-])c1)N2. The molecule has 160 valence electrons. The van der Waals surface area contributed by atoms with Crippen LogP contribution in [0.3, 0.4) is 0 Å². The number of hydrogen-bond acceptors (Lipinski definition) is 5. The number of nitrogens with zero attached hydrogens (tertiary/aromatic N) is 1. The molecule has 6 nitrogen and oxygen atoms in total. The number of allylic oxidation sites excluding steroid dienone is 2. The van der Waals surface area contributed by atoms with Crippen LogP contribution in [0.2, 0.25) is 0 Å². The number of carbonyl (C=O) groups is 1. The van der Waals surface area contributed by atoms with E-state index in [2.05, 4.69) is 17.5 Å². The monoisotopic (exact) mass is 418 g/mol. The molecule has 0 bridgehead atoms. The van der Waals surface area contributed by atoms with Gasteiger partial charge in [0.15, 0.2) is 0 Å². The van der Waals surface area contributed by atoms with Gasteiger partial charge < -0.3 is 10.1 Å². The minimum Gasteiger partial charge on any atom is -0.459 e. The third-order valence-electron chi connectivity index (χ3n) is 6.86. The summed E-state index contributed by atoms with van der Waals surface area (Å²) < 4.78 is 5.76. The van der Waals surface area contributed by atoms with Gasteiger partial charge in [-0.25, -0.2) is 4.79 Å². The summed E-state index contributed by atoms with van der Waals surface area (Å²) in [6.07, 6.45) is 10.7. The number of non-ortho nitro benzene ring substituents is 1. The molecule has 0 aromatic heterocycles. The van der Waals surface area contributed by atoms with Gasteiger partial charge >= 0.3 is 5.97 Å². The maximum atomic E-state index is 12.8. The van der Waals surface area contributed by atoms with Crippen LogP contribution in [0.4, 0.5) is 11.4 Å². The molecule has 1 heterocycles. The molecule has 2 aliphatic carbocycles. The molecule has 3 atom stereocenters. The van der Waals surface area contributed by atoms with Crippen LogP contribution in [0, 0.1) is 16.0 Å². The van der Waals surface area contributed by atoms with E-state index in [1.165, 1.54) is 12.5 Å². The van der Waals surface area contributed by atoms with Gasteiger partial charge in [-0.2, -0.15) is 0 Å². The Kier molecular flexibility index (Phi) is 5.22. The molecule has 0 radical (unpaired) electrons. The van der Waals surface area contributed by atoms with E-state index in [9.17, 15) is 14.9 Å². The zero-order chi connectivity index (χ0) is 21.4. The van der Waals surface area contributed by atoms with Crippen LogP contribution >= 0.6 is 0 Å². The van der Waals surface area contributed by atoms with Crippen molar-refractivity contribution in [2.45, 2.75) is 56.6 Å². The van der Waals surface area contributed by atoms with Gasteiger partial charge in [-0.1, -0.05) is 30.7 Å². The van der Waals surface area contributed by atoms with Crippen molar-refractivity contribution in [3.05, 3.63) is 81.4 Å². The third kappa shape index (κ3) is 3.82. The molecular formula is C25H26N2O4. The van der Waals surface area contributed by atoms with Crippen molar-refractivity contribution in [2.24, 2.45) is 5.92 Å². The van der Waals surface area contributed by atoms with E-state index in [0.29, 0.717) is 5.56 Å². The fraction of sp³-hybridized carbons (Fsp3) is 0.400. The largest absolute Gasteiger partial charge is 0.459 e. The van der Waals surface area contributed by atoms with E-state index in [4.69, 9.17) is 4.74 Å². The average molecular weight is 418 g/mol. The lowest BCUT2D eigenvalue weighted by atomic mass is 9.76. The van der Waals surface area contributed by atoms with E-state index in [1.54, 1.807) is 12.1 Å². The molecule has 1 aliphatic heterocycles. The van der Waals surface area contributed by atoms with Crippen LogP contribution in [0.1, 0.15) is 72.0 Å². The molecule has 1 N–H and O–H groups in total. The van der Waals surface area contributed by atoms with Gasteiger partial charge in [-0.05, 0) is 67.3 Å². The van der Waals surface area contributed by atoms with Crippen LogP contribution < -0.4 is 5.32 Å². The first-order valence-corrected chi connectivity index (χ1v) is 11.1. The molecule has 6 heteroatoms. The fourth-order valence-electron chi connectivity index (χ4n) is 5.29. The summed E-state index contributed by atoms with van der Waals surface area (Å²) in [5.74, 6) is 0.177. The zero-order valence-electron chi connectivity index (χ0n) is 17.3. The summed E-state index contributed by atoms with van der Waals surface area (Å²) in [4.78, 5) is 23.6. The van der Waals surface area contributed by atoms with Gasteiger partial charge in [0.2, 0.25) is 0 Å². The molecule has 2 aromatic rings. The highest BCUT2D eigenvalue weighted by atomic mass is 16.6. The second-order valence-corrected chi connectivity index (χ2v) is 8.79. The maximum Gasteiger partial charge on any atom is 0.338 e. The van der Waals surface area contributed by atoms with Crippen LogP contribution in [0.25, 0.3) is 0 Å². The Morgan fingerprint density at radius 3 is 2.74 bits per heavy atom. The van der Waals surface area contributed by atoms with Crippen molar-refractivity contribution in [1.82, 2.24) is 0 Å². The number of esters is 1. The lowest BCUT2D eigenvalue weighted by Gasteiger charge is -2.37. The number of nitro benzene ring substituents is 1. The van der Waals surface area contributed by atoms with E-state index in [-0.39, 0.29) is 40.6 Å². The normalized spacial score (nSPS) is 24.7. The number of nitro groups is 1. The second-order valence-electron chi connectivity index (χ2n) is 8.79. The molecule has 31 heavy (non-hydrogen) atoms. The first kappa shape index (κ1) is 19.8. The maximum absolute atomic E-state index is 12.8. The minimum atomic E-state index is -0.352. The van der Waals surface area contributed by atoms with Crippen molar-refractivity contribution in [1.29, 1.82) is 0 Å². The van der Waals surface area contributed by atoms with E-state index in [1.807, 2.05) is 24.3 Å². The summed E-state index contributed by atoms with van der Waals surface area (Å²) in [6.45, 7) is 0. The van der Waals surface area contributed by atoms with Gasteiger partial charge in [0.1, 0.15) is 6.10 Å². The number of hydrogen-bond donors (Lipinski definition) is 1. The standard InChI is InChI=1S/C25H26N2O4/c28-25(31-19-8-2-1-3-9-19)17-12-13-23-22(15-17)20-10-5-11-21(20)24(26-23)16-6-4-7-18(14-16)27(29)30/h4-7,10,12-15,19-21,24,26H,1-3,8-9,11H2. The molecule has 0 saturated heterocycles. The molecule has 3 aliphatic rings. The Labute approximate surface area is 181 Å². The smallest absolute Gasteiger partial charge is 0.338 e. The quantitative estimate of drug-likeness (QED) is 0.289. The molecule has 1 saturated carbocycles. The Morgan fingerprint density at radius 1 is 1.10 bits per heavy atom. The number of nitrogens with one attached hydrogen (secondary N) is 1. The Hall–Kier alpha value is -3.15. The number of anilines is 1. The van der Waals surface area contributed by atoms with Crippen molar-refractivity contribution in [3.8, 4) is 0 Å². The van der Waals surface area contributed by atoms with Crippen LogP contribution in [0.5, 0.6) is 0 Å². The molecule has 0 amide bonds. The highest BCUT2D eigenvalue weighted by molar-refractivity contribution is 5.90. The molecule has 1 fully saturated rings. The lowest BCUT2D eigenvalue weighted by molar-refractivity contribution is -0.384. The first-order valence-electron chi connectivity index (χ1n) is 11.1. The zero-order valence-corrected chi connectivity index (χ0v) is 17.3. The molecule has 5 rings (SSSR count). The van der Waals surface area contributed by atoms with Gasteiger partial charge in [0, 0.05) is 23.7 Å². The predicted octanol–water partition coefficient (Wildman–Crippen LogP) is 5.91. The number of benzene rings is 2. The summed E-state index contributed by atoms with van der Waals surface area (Å²) >= 11 is 0. The van der Waals surface area contributed by atoms with Gasteiger partial charge in [-0.15, -0.1) is 0 Å². The molecule has 2 aromatic carbocycles. The summed E-state index contributed by atoms with van der Waals surface area (Å²) in [5.41, 5.74) is 3.68. The van der Waals surface area contributed by atoms with E-state index < -0.39 is 0 Å². The Balaban J connectivity index is 1.42. The lowest BCUT2D eigenvalue weighted by Crippen LogP contribution is -2.29. The van der Waals surface area contributed by atoms with Crippen LogP contribution in [0.15, 0.2) is 54.6 Å². The van der Waals surface area contributed by atoms with Crippen LogP contribution in [-0.4, -0.2) is 17.0 Å². The van der Waals surface area contributed by atoms with Crippen molar-refractivity contribution in [2.75, 3.05) is 5.32 Å². The predicted molar refractivity (Wildman–Crippen MR) is 118 cm³/mol. The van der Waals surface area contributed by atoms with Crippen molar-refractivity contribution >= 4 is 17.3 Å². The number of rotatable bonds is 4. The van der Waals surface area contributed by atoms with Gasteiger partial charge in [0.25, 0.3) is 5.69 Å². The highest BCUT2D eigenvalue weighted by Gasteiger charge is 2.38. The Bertz CT molecular complexity index is 1040. The van der Waals surface area contributed by atoms with Gasteiger partial charge in [0.05, 0.1) is 16.5 Å². The molecular weight excluding hydrogens is 392 g/mol. The fourth-order valence-corrected chi connectivity index (χ4v) is 5.29. The number of carbonyl (C=O) groups excluding carboxylic acids is 1. The Morgan fingerprint density at radius 2 is 1.94 bits per heavy atom. The molecule has 3 unspecified atom stereocenters. The average Bonchev–Trinajstić information content (AvgIpc) is 3.29. The van der Waals surface area contributed by atoms with E-state index in [0.717, 1.165) is 48.9 Å². The first-order chi connectivity index (χ1) is 15.1. The summed E-state index contributed by atoms with van der Waals surface area (Å²) in [5, 5.41) is 14.8. The number of ether oxygens (including phenoxy) is 1. The summed E-state index contributed by atoms with van der Waals surface area (Å²) in [7, 11) is 0. The highest BCUT2D eigenvalue weighted by Crippen LogP contribution is 2.50. The third-order valence-corrected chi connectivity index (χ3v) is 6.86. The van der Waals surface area contributed by atoms with Crippen molar-refractivity contribution < 1.29 is 14.5 Å². The van der Waals surface area contributed by atoms with Crippen LogP contribution in [-0.2, 0) is 4.74 Å². The molecule has 0 spiro atoms.